The average Bonchev–Trinajstić information content (AvgIpc) is 2.35. The summed E-state index contributed by atoms with van der Waals surface area (Å²) in [5.74, 6) is 0.917. The highest BCUT2D eigenvalue weighted by Crippen LogP contribution is 2.19. The molecule has 0 saturated carbocycles. The highest BCUT2D eigenvalue weighted by molar-refractivity contribution is 6.41. The van der Waals surface area contributed by atoms with Crippen LogP contribution in [-0.4, -0.2) is 7.11 Å². The predicted molar refractivity (Wildman–Crippen MR) is 74.2 cm³/mol. The van der Waals surface area contributed by atoms with Gasteiger partial charge in [-0.1, -0.05) is 53.0 Å². The zero-order valence-electron chi connectivity index (χ0n) is 9.78. The molecule has 0 radical (unpaired) electrons. The fraction of sp³-hybridized carbons (Fsp3) is 0.143. The van der Waals surface area contributed by atoms with E-state index in [9.17, 15) is 0 Å². The molecule has 90 valence electrons. The van der Waals surface area contributed by atoms with E-state index in [-0.39, 0.29) is 0 Å². The van der Waals surface area contributed by atoms with Crippen LogP contribution in [0, 0.1) is 6.92 Å². The SMILES string of the molecule is COc1ccc(C)cc1.Clc1ccccc1Cl. The maximum absolute atomic E-state index is 5.58. The van der Waals surface area contributed by atoms with E-state index in [4.69, 9.17) is 27.9 Å². The van der Waals surface area contributed by atoms with E-state index >= 15 is 0 Å². The second-order valence-corrected chi connectivity index (χ2v) is 4.25. The minimum atomic E-state index is 0.606. The maximum atomic E-state index is 5.58. The standard InChI is InChI=1S/C8H10O.C6H4Cl2/c1-7-3-5-8(9-2)6-4-7;7-5-3-1-2-4-6(5)8/h3-6H,1-2H3;1-4H. The van der Waals surface area contributed by atoms with Gasteiger partial charge < -0.3 is 4.74 Å². The van der Waals surface area contributed by atoms with Crippen LogP contribution in [-0.2, 0) is 0 Å². The van der Waals surface area contributed by atoms with E-state index in [1.54, 1.807) is 19.2 Å². The molecule has 0 aliphatic carbocycles. The first kappa shape index (κ1) is 13.9. The summed E-state index contributed by atoms with van der Waals surface area (Å²) in [6, 6.07) is 15.2. The Hall–Kier alpha value is -1.18. The van der Waals surface area contributed by atoms with Crippen molar-refractivity contribution in [1.82, 2.24) is 0 Å². The minimum absolute atomic E-state index is 0.606. The molecular formula is C14H14Cl2O. The Morgan fingerprint density at radius 2 is 1.29 bits per heavy atom. The molecule has 0 saturated heterocycles. The van der Waals surface area contributed by atoms with Crippen LogP contribution in [0.5, 0.6) is 5.75 Å². The Morgan fingerprint density at radius 3 is 1.65 bits per heavy atom. The third-order valence-electron chi connectivity index (χ3n) is 2.08. The summed E-state index contributed by atoms with van der Waals surface area (Å²) >= 11 is 11.2. The van der Waals surface area contributed by atoms with Crippen molar-refractivity contribution in [3.8, 4) is 5.75 Å². The molecule has 0 spiro atoms. The van der Waals surface area contributed by atoms with E-state index < -0.39 is 0 Å². The van der Waals surface area contributed by atoms with Crippen molar-refractivity contribution in [2.75, 3.05) is 7.11 Å². The Balaban J connectivity index is 0.000000171. The first-order valence-electron chi connectivity index (χ1n) is 5.14. The third kappa shape index (κ3) is 5.12. The normalized spacial score (nSPS) is 9.18. The molecule has 0 amide bonds. The zero-order valence-corrected chi connectivity index (χ0v) is 11.3. The number of rotatable bonds is 1. The Kier molecular flexibility index (Phi) is 5.88. The third-order valence-corrected chi connectivity index (χ3v) is 2.84. The number of hydrogen-bond donors (Lipinski definition) is 0. The summed E-state index contributed by atoms with van der Waals surface area (Å²) < 4.78 is 4.97. The Bertz CT molecular complexity index is 431. The van der Waals surface area contributed by atoms with Crippen molar-refractivity contribution in [2.24, 2.45) is 0 Å². The largest absolute Gasteiger partial charge is 0.497 e. The van der Waals surface area contributed by atoms with Crippen molar-refractivity contribution in [3.63, 3.8) is 0 Å². The molecule has 1 nitrogen and oxygen atoms in total. The zero-order chi connectivity index (χ0) is 12.7. The molecule has 2 aromatic rings. The second-order valence-electron chi connectivity index (χ2n) is 3.43. The summed E-state index contributed by atoms with van der Waals surface area (Å²) in [6.07, 6.45) is 0. The number of hydrogen-bond acceptors (Lipinski definition) is 1. The van der Waals surface area contributed by atoms with Crippen LogP contribution >= 0.6 is 23.2 Å². The molecule has 0 heterocycles. The van der Waals surface area contributed by atoms with E-state index in [2.05, 4.69) is 6.92 Å². The van der Waals surface area contributed by atoms with Gasteiger partial charge in [-0.15, -0.1) is 0 Å². The van der Waals surface area contributed by atoms with E-state index in [0.717, 1.165) is 5.75 Å². The van der Waals surface area contributed by atoms with Crippen molar-refractivity contribution in [2.45, 2.75) is 6.92 Å². The maximum Gasteiger partial charge on any atom is 0.118 e. The highest BCUT2D eigenvalue weighted by atomic mass is 35.5. The fourth-order valence-corrected chi connectivity index (χ4v) is 1.39. The summed E-state index contributed by atoms with van der Waals surface area (Å²) in [5.41, 5.74) is 1.26. The predicted octanol–water partition coefficient (Wildman–Crippen LogP) is 5.00. The van der Waals surface area contributed by atoms with Crippen LogP contribution in [0.3, 0.4) is 0 Å². The molecule has 0 bridgehead atoms. The summed E-state index contributed by atoms with van der Waals surface area (Å²) in [5, 5.41) is 1.21. The van der Waals surface area contributed by atoms with Gasteiger partial charge in [0.2, 0.25) is 0 Å². The first-order chi connectivity index (χ1) is 8.13. The monoisotopic (exact) mass is 268 g/mol. The Labute approximate surface area is 112 Å². The Morgan fingerprint density at radius 1 is 0.824 bits per heavy atom. The van der Waals surface area contributed by atoms with E-state index in [1.807, 2.05) is 36.4 Å². The van der Waals surface area contributed by atoms with Crippen LogP contribution in [0.4, 0.5) is 0 Å². The molecule has 3 heteroatoms. The van der Waals surface area contributed by atoms with Crippen LogP contribution < -0.4 is 4.74 Å². The second kappa shape index (κ2) is 7.21. The summed E-state index contributed by atoms with van der Waals surface area (Å²) in [4.78, 5) is 0. The van der Waals surface area contributed by atoms with Crippen molar-refractivity contribution in [3.05, 3.63) is 64.1 Å². The number of halogens is 2. The van der Waals surface area contributed by atoms with Gasteiger partial charge in [0.1, 0.15) is 5.75 Å². The van der Waals surface area contributed by atoms with Crippen molar-refractivity contribution in [1.29, 1.82) is 0 Å². The van der Waals surface area contributed by atoms with Crippen molar-refractivity contribution < 1.29 is 4.74 Å². The highest BCUT2D eigenvalue weighted by Gasteiger charge is 1.89. The molecule has 0 fully saturated rings. The molecule has 0 atom stereocenters. The molecule has 0 aliphatic rings. The molecular weight excluding hydrogens is 255 g/mol. The fourth-order valence-electron chi connectivity index (χ4n) is 1.11. The lowest BCUT2D eigenvalue weighted by Crippen LogP contribution is -1.80. The van der Waals surface area contributed by atoms with Crippen LogP contribution in [0.25, 0.3) is 0 Å². The van der Waals surface area contributed by atoms with Crippen LogP contribution in [0.1, 0.15) is 5.56 Å². The number of aryl methyl sites for hydroxylation is 1. The van der Waals surface area contributed by atoms with Gasteiger partial charge in [-0.3, -0.25) is 0 Å². The van der Waals surface area contributed by atoms with Gasteiger partial charge in [0, 0.05) is 0 Å². The van der Waals surface area contributed by atoms with Crippen molar-refractivity contribution >= 4 is 23.2 Å². The average molecular weight is 269 g/mol. The lowest BCUT2D eigenvalue weighted by Gasteiger charge is -1.97. The van der Waals surface area contributed by atoms with E-state index in [1.165, 1.54) is 5.56 Å². The van der Waals surface area contributed by atoms with E-state index in [0.29, 0.717) is 10.0 Å². The lowest BCUT2D eigenvalue weighted by molar-refractivity contribution is 0.414. The molecule has 17 heavy (non-hydrogen) atoms. The van der Waals surface area contributed by atoms with Crippen LogP contribution in [0.2, 0.25) is 10.0 Å². The lowest BCUT2D eigenvalue weighted by atomic mass is 10.2. The molecule has 2 aromatic carbocycles. The molecule has 0 unspecified atom stereocenters. The van der Waals surface area contributed by atoms with Gasteiger partial charge in [0.05, 0.1) is 17.2 Å². The summed E-state index contributed by atoms with van der Waals surface area (Å²) in [6.45, 7) is 2.06. The molecule has 2 rings (SSSR count). The van der Waals surface area contributed by atoms with Gasteiger partial charge in [0.15, 0.2) is 0 Å². The number of benzene rings is 2. The van der Waals surface area contributed by atoms with Gasteiger partial charge in [-0.2, -0.15) is 0 Å². The quantitative estimate of drug-likeness (QED) is 0.708. The van der Waals surface area contributed by atoms with Gasteiger partial charge in [-0.05, 0) is 31.2 Å². The topological polar surface area (TPSA) is 9.23 Å². The van der Waals surface area contributed by atoms with Gasteiger partial charge >= 0.3 is 0 Å². The molecule has 0 aromatic heterocycles. The van der Waals surface area contributed by atoms with Gasteiger partial charge in [-0.25, -0.2) is 0 Å². The smallest absolute Gasteiger partial charge is 0.118 e. The molecule has 0 aliphatic heterocycles. The first-order valence-corrected chi connectivity index (χ1v) is 5.89. The van der Waals surface area contributed by atoms with Gasteiger partial charge in [0.25, 0.3) is 0 Å². The number of ether oxygens (including phenoxy) is 1. The minimum Gasteiger partial charge on any atom is -0.497 e. The molecule has 0 N–H and O–H groups in total. The van der Waals surface area contributed by atoms with Crippen LogP contribution in [0.15, 0.2) is 48.5 Å². The number of methoxy groups -OCH3 is 1. The summed E-state index contributed by atoms with van der Waals surface area (Å²) in [7, 11) is 1.67.